The van der Waals surface area contributed by atoms with Gasteiger partial charge in [-0.15, -0.1) is 0 Å². The molecule has 0 amide bonds. The molecule has 0 aromatic heterocycles. The monoisotopic (exact) mass is 282 g/mol. The Morgan fingerprint density at radius 3 is 2.15 bits per heavy atom. The molecule has 0 aromatic rings. The molecule has 5 atom stereocenters. The largest absolute Gasteiger partial charge is 0.393 e. The molecule has 0 spiro atoms. The van der Waals surface area contributed by atoms with E-state index in [1.54, 1.807) is 0 Å². The van der Waals surface area contributed by atoms with E-state index in [-0.39, 0.29) is 18.0 Å². The Kier molecular flexibility index (Phi) is 6.90. The van der Waals surface area contributed by atoms with Gasteiger partial charge in [0.2, 0.25) is 0 Å². The molecule has 0 saturated heterocycles. The Hall–Kier alpha value is -0.670. The maximum atomic E-state index is 10.7. The lowest BCUT2D eigenvalue weighted by molar-refractivity contribution is -0.124. The van der Waals surface area contributed by atoms with Crippen LogP contribution in [-0.2, 0) is 4.79 Å². The van der Waals surface area contributed by atoms with Gasteiger partial charge in [0.1, 0.15) is 5.78 Å². The van der Waals surface area contributed by atoms with Gasteiger partial charge in [0.15, 0.2) is 0 Å². The molecule has 0 aromatic carbocycles. The van der Waals surface area contributed by atoms with Gasteiger partial charge in [-0.2, -0.15) is 0 Å². The lowest BCUT2D eigenvalue weighted by Gasteiger charge is -2.31. The number of hydrogen-bond acceptors (Lipinski definition) is 3. The number of aliphatic hydroxyl groups is 2. The summed E-state index contributed by atoms with van der Waals surface area (Å²) in [5.41, 5.74) is 1.23. The molecule has 0 heterocycles. The van der Waals surface area contributed by atoms with Crippen LogP contribution in [0.5, 0.6) is 0 Å². The molecule has 3 heteroatoms. The van der Waals surface area contributed by atoms with Crippen LogP contribution in [-0.4, -0.2) is 28.2 Å². The minimum absolute atomic E-state index is 0.0922. The highest BCUT2D eigenvalue weighted by Gasteiger charge is 2.26. The van der Waals surface area contributed by atoms with Gasteiger partial charge in [0.05, 0.1) is 12.2 Å². The zero-order chi connectivity index (χ0) is 15.3. The van der Waals surface area contributed by atoms with Crippen LogP contribution in [0.4, 0.5) is 0 Å². The molecule has 3 nitrogen and oxygen atoms in total. The molecule has 0 unspecified atom stereocenters. The topological polar surface area (TPSA) is 57.5 Å². The first-order chi connectivity index (χ1) is 9.31. The molecule has 2 aliphatic carbocycles. The van der Waals surface area contributed by atoms with Gasteiger partial charge in [0.25, 0.3) is 0 Å². The highest BCUT2D eigenvalue weighted by atomic mass is 16.3. The molecule has 2 aliphatic rings. The second-order valence-corrected chi connectivity index (χ2v) is 6.73. The van der Waals surface area contributed by atoms with Crippen molar-refractivity contribution < 1.29 is 15.0 Å². The number of allylic oxidation sites excluding steroid dienone is 1. The minimum Gasteiger partial charge on any atom is -0.393 e. The van der Waals surface area contributed by atoms with E-state index in [4.69, 9.17) is 5.11 Å². The maximum Gasteiger partial charge on any atom is 0.135 e. The maximum absolute atomic E-state index is 10.7. The van der Waals surface area contributed by atoms with Gasteiger partial charge in [0, 0.05) is 12.8 Å². The molecule has 0 aliphatic heterocycles. The van der Waals surface area contributed by atoms with Gasteiger partial charge in [-0.05, 0) is 50.4 Å². The van der Waals surface area contributed by atoms with Crippen LogP contribution in [0.1, 0.15) is 59.3 Å². The van der Waals surface area contributed by atoms with E-state index < -0.39 is 0 Å². The summed E-state index contributed by atoms with van der Waals surface area (Å²) in [4.78, 5) is 10.7. The first-order valence-electron chi connectivity index (χ1n) is 7.84. The van der Waals surface area contributed by atoms with Crippen molar-refractivity contribution in [1.82, 2.24) is 0 Å². The van der Waals surface area contributed by atoms with Crippen molar-refractivity contribution in [1.29, 1.82) is 0 Å². The normalized spacial score (nSPS) is 37.9. The number of carbonyl (C=O) groups is 1. The Bertz CT molecular complexity index is 337. The zero-order valence-electron chi connectivity index (χ0n) is 13.1. The summed E-state index contributed by atoms with van der Waals surface area (Å²) in [5.74, 6) is 1.59. The summed E-state index contributed by atoms with van der Waals surface area (Å²) in [7, 11) is 0. The predicted octanol–water partition coefficient (Wildman–Crippen LogP) is 3.10. The summed E-state index contributed by atoms with van der Waals surface area (Å²) in [5, 5.41) is 18.7. The van der Waals surface area contributed by atoms with E-state index in [2.05, 4.69) is 20.4 Å². The van der Waals surface area contributed by atoms with Gasteiger partial charge in [-0.3, -0.25) is 4.79 Å². The van der Waals surface area contributed by atoms with Crippen molar-refractivity contribution in [3.63, 3.8) is 0 Å². The van der Waals surface area contributed by atoms with Crippen LogP contribution in [0.25, 0.3) is 0 Å². The van der Waals surface area contributed by atoms with Crippen molar-refractivity contribution in [3.05, 3.63) is 12.2 Å². The highest BCUT2D eigenvalue weighted by Crippen LogP contribution is 2.32. The Labute approximate surface area is 123 Å². The molecule has 2 saturated carbocycles. The third-order valence-corrected chi connectivity index (χ3v) is 4.82. The van der Waals surface area contributed by atoms with Crippen LogP contribution >= 0.6 is 0 Å². The van der Waals surface area contributed by atoms with Crippen LogP contribution in [0.2, 0.25) is 0 Å². The second kappa shape index (κ2) is 7.94. The molecular formula is C17H30O3. The molecule has 2 rings (SSSR count). The summed E-state index contributed by atoms with van der Waals surface area (Å²) in [6, 6.07) is 0. The van der Waals surface area contributed by atoms with Gasteiger partial charge >= 0.3 is 0 Å². The lowest BCUT2D eigenvalue weighted by atomic mass is 9.78. The Morgan fingerprint density at radius 1 is 1.10 bits per heavy atom. The third kappa shape index (κ3) is 5.37. The molecule has 116 valence electrons. The minimum atomic E-state index is -0.369. The van der Waals surface area contributed by atoms with E-state index in [0.717, 1.165) is 19.3 Å². The van der Waals surface area contributed by atoms with Gasteiger partial charge < -0.3 is 10.2 Å². The average Bonchev–Trinajstić information content (AvgIpc) is 2.38. The van der Waals surface area contributed by atoms with Gasteiger partial charge in [-0.1, -0.05) is 26.0 Å². The smallest absolute Gasteiger partial charge is 0.135 e. The molecule has 20 heavy (non-hydrogen) atoms. The Morgan fingerprint density at radius 2 is 1.70 bits per heavy atom. The molecule has 2 N–H and O–H groups in total. The third-order valence-electron chi connectivity index (χ3n) is 4.82. The van der Waals surface area contributed by atoms with Crippen molar-refractivity contribution >= 4 is 5.78 Å². The summed E-state index contributed by atoms with van der Waals surface area (Å²) in [6.45, 7) is 10.1. The van der Waals surface area contributed by atoms with E-state index in [9.17, 15) is 9.90 Å². The summed E-state index contributed by atoms with van der Waals surface area (Å²) in [6.07, 6.45) is 4.74. The predicted molar refractivity (Wildman–Crippen MR) is 81.4 cm³/mol. The average molecular weight is 282 g/mol. The first kappa shape index (κ1) is 17.4. The van der Waals surface area contributed by atoms with Gasteiger partial charge in [-0.25, -0.2) is 0 Å². The first-order valence-corrected chi connectivity index (χ1v) is 7.84. The summed E-state index contributed by atoms with van der Waals surface area (Å²) >= 11 is 0. The van der Waals surface area contributed by atoms with Crippen molar-refractivity contribution in [2.45, 2.75) is 71.5 Å². The number of carbonyl (C=O) groups excluding carboxylic acids is 1. The van der Waals surface area contributed by atoms with E-state index in [0.29, 0.717) is 30.6 Å². The van der Waals surface area contributed by atoms with E-state index in [1.807, 2.05) is 6.92 Å². The zero-order valence-corrected chi connectivity index (χ0v) is 13.1. The van der Waals surface area contributed by atoms with E-state index in [1.165, 1.54) is 12.0 Å². The number of hydrogen-bond donors (Lipinski definition) is 2. The molecular weight excluding hydrogens is 252 g/mol. The number of Topliss-reactive ketones (excluding diaryl/α,β-unsaturated/α-hetero) is 1. The highest BCUT2D eigenvalue weighted by molar-refractivity contribution is 5.79. The van der Waals surface area contributed by atoms with Crippen LogP contribution in [0, 0.1) is 17.8 Å². The fourth-order valence-corrected chi connectivity index (χ4v) is 2.86. The fraction of sp³-hybridized carbons (Fsp3) is 0.824. The second-order valence-electron chi connectivity index (χ2n) is 6.73. The van der Waals surface area contributed by atoms with Crippen LogP contribution in [0.3, 0.4) is 0 Å². The number of aliphatic hydroxyl groups excluding tert-OH is 2. The van der Waals surface area contributed by atoms with E-state index >= 15 is 0 Å². The SMILES string of the molecule is C=C(C)[C@H]1CC[C@@H](C)[C@H](O)C1.C[C@@H]1CCC(=O)C[C@H]1O. The number of rotatable bonds is 1. The molecule has 0 bridgehead atoms. The Balaban J connectivity index is 0.000000204. The quantitative estimate of drug-likeness (QED) is 0.727. The summed E-state index contributed by atoms with van der Waals surface area (Å²) < 4.78 is 0. The van der Waals surface area contributed by atoms with Crippen molar-refractivity contribution in [3.8, 4) is 0 Å². The number of ketones is 1. The van der Waals surface area contributed by atoms with Crippen molar-refractivity contribution in [2.75, 3.05) is 0 Å². The van der Waals surface area contributed by atoms with Crippen LogP contribution in [0.15, 0.2) is 12.2 Å². The fourth-order valence-electron chi connectivity index (χ4n) is 2.86. The van der Waals surface area contributed by atoms with Crippen LogP contribution < -0.4 is 0 Å². The standard InChI is InChI=1S/C10H18O.C7H12O2/c1-7(2)9-5-4-8(3)10(11)6-9;1-5-2-3-6(8)4-7(5)9/h8-11H,1,4-6H2,2-3H3;5,7,9H,2-4H2,1H3/t8-,9+,10-;5-,7-/m11/s1. The molecule has 0 radical (unpaired) electrons. The van der Waals surface area contributed by atoms with Crippen molar-refractivity contribution in [2.24, 2.45) is 17.8 Å². The lowest BCUT2D eigenvalue weighted by Crippen LogP contribution is -2.27. The molecule has 2 fully saturated rings.